The van der Waals surface area contributed by atoms with Crippen molar-refractivity contribution in [3.63, 3.8) is 0 Å². The van der Waals surface area contributed by atoms with Crippen molar-refractivity contribution in [1.82, 2.24) is 4.57 Å². The van der Waals surface area contributed by atoms with Crippen molar-refractivity contribution in [2.24, 2.45) is 0 Å². The van der Waals surface area contributed by atoms with E-state index in [1.165, 1.54) is 44.1 Å². The van der Waals surface area contributed by atoms with Crippen LogP contribution in [0.2, 0.25) is 0 Å². The van der Waals surface area contributed by atoms with Crippen LogP contribution in [0.3, 0.4) is 0 Å². The lowest BCUT2D eigenvalue weighted by Crippen LogP contribution is -2.09. The Morgan fingerprint density at radius 2 is 0.824 bits per heavy atom. The summed E-state index contributed by atoms with van der Waals surface area (Å²) in [6, 6.07) is 69.1. The third kappa shape index (κ3) is 4.98. The Kier molecular flexibility index (Phi) is 6.81. The van der Waals surface area contributed by atoms with Gasteiger partial charge in [-0.1, -0.05) is 133 Å². The predicted molar refractivity (Wildman–Crippen MR) is 212 cm³/mol. The van der Waals surface area contributed by atoms with Gasteiger partial charge in [0.1, 0.15) is 0 Å². The van der Waals surface area contributed by atoms with E-state index in [1.807, 2.05) is 12.1 Å². The highest BCUT2D eigenvalue weighted by Gasteiger charge is 2.23. The number of hydrogen-bond acceptors (Lipinski definition) is 2. The van der Waals surface area contributed by atoms with Crippen LogP contribution in [0.5, 0.6) is 11.5 Å². The molecule has 51 heavy (non-hydrogen) atoms. The molecule has 10 rings (SSSR count). The molecule has 3 nitrogen and oxygen atoms in total. The second-order valence-corrected chi connectivity index (χ2v) is 13.0. The van der Waals surface area contributed by atoms with Gasteiger partial charge in [0.15, 0.2) is 11.5 Å². The van der Waals surface area contributed by atoms with E-state index >= 15 is 0 Å². The van der Waals surface area contributed by atoms with Crippen LogP contribution in [0.25, 0.3) is 60.9 Å². The summed E-state index contributed by atoms with van der Waals surface area (Å²) >= 11 is 0. The molecular weight excluding hydrogens is 621 g/mol. The number of fused-ring (bicyclic) bond motifs is 5. The van der Waals surface area contributed by atoms with Crippen LogP contribution in [0.4, 0.5) is 17.1 Å². The average molecular weight is 653 g/mol. The zero-order chi connectivity index (χ0) is 33.7. The summed E-state index contributed by atoms with van der Waals surface area (Å²) in [6.45, 7) is 0. The van der Waals surface area contributed by atoms with Gasteiger partial charge in [0.2, 0.25) is 0 Å². The molecule has 0 amide bonds. The molecule has 0 radical (unpaired) electrons. The first-order valence-electron chi connectivity index (χ1n) is 17.3. The van der Waals surface area contributed by atoms with E-state index in [9.17, 15) is 0 Å². The van der Waals surface area contributed by atoms with E-state index in [4.69, 9.17) is 4.74 Å². The molecule has 3 heteroatoms. The molecule has 8 aromatic carbocycles. The molecule has 0 unspecified atom stereocenters. The number of ether oxygens (including phenoxy) is 1. The summed E-state index contributed by atoms with van der Waals surface area (Å²) in [7, 11) is 0. The number of anilines is 3. The van der Waals surface area contributed by atoms with Gasteiger partial charge in [-0.25, -0.2) is 0 Å². The van der Waals surface area contributed by atoms with Gasteiger partial charge in [-0.2, -0.15) is 0 Å². The Hall–Kier alpha value is -6.84. The minimum Gasteiger partial charge on any atom is -0.453 e. The molecule has 0 fully saturated rings. The molecule has 1 aromatic heterocycles. The van der Waals surface area contributed by atoms with E-state index < -0.39 is 0 Å². The first-order chi connectivity index (χ1) is 25.3. The summed E-state index contributed by atoms with van der Waals surface area (Å²) in [5.74, 6) is 1.76. The molecule has 0 bridgehead atoms. The van der Waals surface area contributed by atoms with Gasteiger partial charge in [-0.15, -0.1) is 0 Å². The first kappa shape index (κ1) is 29.1. The topological polar surface area (TPSA) is 17.4 Å². The Labute approximate surface area is 296 Å². The van der Waals surface area contributed by atoms with Gasteiger partial charge in [0, 0.05) is 27.8 Å². The monoisotopic (exact) mass is 652 g/mol. The maximum Gasteiger partial charge on any atom is 0.152 e. The molecule has 0 spiro atoms. The van der Waals surface area contributed by atoms with Crippen molar-refractivity contribution in [2.45, 2.75) is 0 Å². The summed E-state index contributed by atoms with van der Waals surface area (Å²) < 4.78 is 8.69. The lowest BCUT2D eigenvalue weighted by atomic mass is 10.0. The Bertz CT molecular complexity index is 2590. The summed E-state index contributed by atoms with van der Waals surface area (Å²) in [5.41, 5.74) is 13.8. The van der Waals surface area contributed by atoms with E-state index in [2.05, 4.69) is 191 Å². The number of rotatable bonds is 6. The maximum atomic E-state index is 6.33. The Morgan fingerprint density at radius 3 is 1.41 bits per heavy atom. The average Bonchev–Trinajstić information content (AvgIpc) is 3.55. The van der Waals surface area contributed by atoms with Crippen LogP contribution in [0.1, 0.15) is 0 Å². The lowest BCUT2D eigenvalue weighted by molar-refractivity contribution is 0.476. The molecule has 1 aliphatic rings. The fourth-order valence-electron chi connectivity index (χ4n) is 7.51. The minimum atomic E-state index is 0.874. The lowest BCUT2D eigenvalue weighted by Gasteiger charge is -2.26. The van der Waals surface area contributed by atoms with Crippen molar-refractivity contribution in [1.29, 1.82) is 0 Å². The van der Waals surface area contributed by atoms with Crippen LogP contribution in [0, 0.1) is 0 Å². The minimum absolute atomic E-state index is 0.874. The molecule has 0 aliphatic carbocycles. The van der Waals surface area contributed by atoms with Crippen molar-refractivity contribution in [2.75, 3.05) is 4.90 Å². The third-order valence-corrected chi connectivity index (χ3v) is 10.0. The summed E-state index contributed by atoms with van der Waals surface area (Å²) in [5, 5.41) is 2.42. The van der Waals surface area contributed by atoms with Crippen LogP contribution in [-0.4, -0.2) is 4.57 Å². The number of para-hydroxylation sites is 3. The first-order valence-corrected chi connectivity index (χ1v) is 17.3. The third-order valence-electron chi connectivity index (χ3n) is 10.0. The molecule has 0 atom stereocenters. The van der Waals surface area contributed by atoms with Crippen molar-refractivity contribution in [3.05, 3.63) is 194 Å². The quantitative estimate of drug-likeness (QED) is 0.178. The van der Waals surface area contributed by atoms with Gasteiger partial charge in [0.25, 0.3) is 0 Å². The number of aromatic nitrogens is 1. The summed E-state index contributed by atoms with van der Waals surface area (Å²) in [4.78, 5) is 2.33. The Morgan fingerprint density at radius 1 is 0.353 bits per heavy atom. The standard InChI is InChI=1S/C48H32N2O/c1-3-10-33(11-4-1)35-18-25-39(26-19-35)49(40-27-20-36(21-28-40)34-12-5-2-6-13-34)41-29-22-37(23-30-41)38-24-31-42-43-14-9-17-47-48(43)50(45(42)32-38)44-15-7-8-16-46(44)51-47/h1-32H. The largest absolute Gasteiger partial charge is 0.453 e. The van der Waals surface area contributed by atoms with E-state index in [-0.39, 0.29) is 0 Å². The zero-order valence-corrected chi connectivity index (χ0v) is 27.8. The smallest absolute Gasteiger partial charge is 0.152 e. The van der Waals surface area contributed by atoms with Crippen molar-refractivity contribution < 1.29 is 4.74 Å². The van der Waals surface area contributed by atoms with Gasteiger partial charge < -0.3 is 14.2 Å². The van der Waals surface area contributed by atoms with Crippen LogP contribution in [0.15, 0.2) is 194 Å². The highest BCUT2D eigenvalue weighted by Crippen LogP contribution is 2.46. The molecule has 1 aliphatic heterocycles. The van der Waals surface area contributed by atoms with E-state index in [0.29, 0.717) is 0 Å². The van der Waals surface area contributed by atoms with Gasteiger partial charge >= 0.3 is 0 Å². The Balaban J connectivity index is 1.05. The maximum absolute atomic E-state index is 6.33. The van der Waals surface area contributed by atoms with Gasteiger partial charge in [0.05, 0.1) is 16.7 Å². The fraction of sp³-hybridized carbons (Fsp3) is 0. The van der Waals surface area contributed by atoms with Gasteiger partial charge in [-0.05, 0) is 94.0 Å². The van der Waals surface area contributed by atoms with Crippen molar-refractivity contribution in [3.8, 4) is 50.6 Å². The molecule has 0 saturated heterocycles. The second-order valence-electron chi connectivity index (χ2n) is 13.0. The molecular formula is C48H32N2O. The fourth-order valence-corrected chi connectivity index (χ4v) is 7.51. The molecule has 0 saturated carbocycles. The highest BCUT2D eigenvalue weighted by molar-refractivity contribution is 6.13. The SMILES string of the molecule is c1ccc(-c2ccc(N(c3ccc(-c4ccccc4)cc3)c3ccc(-c4ccc5c6cccc7c6n(c5c4)-c4ccccc4O7)cc3)cc2)cc1. The normalized spacial score (nSPS) is 11.7. The number of nitrogens with zero attached hydrogens (tertiary/aromatic N) is 2. The van der Waals surface area contributed by atoms with Crippen LogP contribution in [-0.2, 0) is 0 Å². The molecule has 2 heterocycles. The van der Waals surface area contributed by atoms with Crippen LogP contribution >= 0.6 is 0 Å². The number of hydrogen-bond donors (Lipinski definition) is 0. The summed E-state index contributed by atoms with van der Waals surface area (Å²) in [6.07, 6.45) is 0. The van der Waals surface area contributed by atoms with Gasteiger partial charge in [-0.3, -0.25) is 0 Å². The highest BCUT2D eigenvalue weighted by atomic mass is 16.5. The molecule has 0 N–H and O–H groups in total. The zero-order valence-electron chi connectivity index (χ0n) is 27.8. The molecule has 240 valence electrons. The van der Waals surface area contributed by atoms with Crippen molar-refractivity contribution >= 4 is 38.9 Å². The molecule has 9 aromatic rings. The second kappa shape index (κ2) is 11.9. The van der Waals surface area contributed by atoms with Crippen LogP contribution < -0.4 is 9.64 Å². The predicted octanol–water partition coefficient (Wildman–Crippen LogP) is 13.4. The number of benzene rings is 8. The van der Waals surface area contributed by atoms with E-state index in [1.54, 1.807) is 0 Å². The van der Waals surface area contributed by atoms with E-state index in [0.717, 1.165) is 45.3 Å².